The number of nitro groups is 1. The van der Waals surface area contributed by atoms with Gasteiger partial charge in [0.2, 0.25) is 0 Å². The van der Waals surface area contributed by atoms with Crippen LogP contribution in [-0.2, 0) is 4.79 Å². The molecule has 0 bridgehead atoms. The van der Waals surface area contributed by atoms with Crippen molar-refractivity contribution in [1.29, 1.82) is 0 Å². The Bertz CT molecular complexity index is 818. The Morgan fingerprint density at radius 2 is 1.96 bits per heavy atom. The molecule has 2 aromatic carbocycles. The third kappa shape index (κ3) is 3.64. The van der Waals surface area contributed by atoms with Gasteiger partial charge in [-0.05, 0) is 24.6 Å². The third-order valence-electron chi connectivity index (χ3n) is 3.38. The van der Waals surface area contributed by atoms with E-state index < -0.39 is 22.8 Å². The molecule has 6 nitrogen and oxygen atoms in total. The van der Waals surface area contributed by atoms with Gasteiger partial charge in [0.1, 0.15) is 11.9 Å². The minimum Gasteiger partial charge on any atom is -0.384 e. The number of rotatable bonds is 5. The molecule has 0 aliphatic carbocycles. The number of halogens is 1. The lowest BCUT2D eigenvalue weighted by molar-refractivity contribution is -0.384. The van der Waals surface area contributed by atoms with Gasteiger partial charge in [0.15, 0.2) is 0 Å². The minimum atomic E-state index is -1.27. The molecule has 24 heavy (non-hydrogen) atoms. The molecular weight excluding hydrogens is 315 g/mol. The maximum atomic E-state index is 14.0. The molecule has 1 amide bonds. The quantitative estimate of drug-likeness (QED) is 0.651. The van der Waals surface area contributed by atoms with Crippen LogP contribution in [0.3, 0.4) is 0 Å². The number of hydrogen-bond acceptors (Lipinski definition) is 4. The highest BCUT2D eigenvalue weighted by molar-refractivity contribution is 5.98. The normalized spacial score (nSPS) is 11.6. The van der Waals surface area contributed by atoms with Crippen molar-refractivity contribution in [3.8, 4) is 0 Å². The van der Waals surface area contributed by atoms with E-state index >= 15 is 0 Å². The number of hydrogen-bond donors (Lipinski definition) is 2. The summed E-state index contributed by atoms with van der Waals surface area (Å²) in [6, 6.07) is 9.56. The summed E-state index contributed by atoms with van der Waals surface area (Å²) in [6.45, 7) is 5.08. The van der Waals surface area contributed by atoms with Gasteiger partial charge in [0.25, 0.3) is 11.6 Å². The summed E-state index contributed by atoms with van der Waals surface area (Å²) < 4.78 is 14.0. The van der Waals surface area contributed by atoms with E-state index in [2.05, 4.69) is 11.9 Å². The van der Waals surface area contributed by atoms with Crippen molar-refractivity contribution < 1.29 is 19.2 Å². The van der Waals surface area contributed by atoms with E-state index in [0.29, 0.717) is 0 Å². The second-order valence-electron chi connectivity index (χ2n) is 5.11. The molecule has 7 heteroatoms. The summed E-state index contributed by atoms with van der Waals surface area (Å²) in [6.07, 6.45) is -1.27. The molecule has 0 aromatic heterocycles. The van der Waals surface area contributed by atoms with Gasteiger partial charge >= 0.3 is 0 Å². The SMILES string of the molecule is C=C(c1ccccc1F)c1cc([N+](=O)[O-])ccc1NC(=O)C(C)O. The molecule has 0 fully saturated rings. The Labute approximate surface area is 137 Å². The molecule has 2 N–H and O–H groups in total. The van der Waals surface area contributed by atoms with Crippen LogP contribution in [0, 0.1) is 15.9 Å². The number of anilines is 1. The highest BCUT2D eigenvalue weighted by atomic mass is 19.1. The van der Waals surface area contributed by atoms with Gasteiger partial charge in [0.05, 0.1) is 4.92 Å². The average molecular weight is 330 g/mol. The summed E-state index contributed by atoms with van der Waals surface area (Å²) >= 11 is 0. The number of non-ortho nitro benzene ring substituents is 1. The number of amides is 1. The number of benzene rings is 2. The Kier molecular flexibility index (Phi) is 5.05. The topological polar surface area (TPSA) is 92.5 Å². The van der Waals surface area contributed by atoms with Crippen molar-refractivity contribution in [3.63, 3.8) is 0 Å². The zero-order valence-corrected chi connectivity index (χ0v) is 12.8. The van der Waals surface area contributed by atoms with E-state index in [-0.39, 0.29) is 28.1 Å². The lowest BCUT2D eigenvalue weighted by Crippen LogP contribution is -2.25. The van der Waals surface area contributed by atoms with E-state index in [1.165, 1.54) is 43.3 Å². The Balaban J connectivity index is 2.54. The van der Waals surface area contributed by atoms with Crippen molar-refractivity contribution >= 4 is 22.9 Å². The first-order valence-corrected chi connectivity index (χ1v) is 7.03. The van der Waals surface area contributed by atoms with Gasteiger partial charge in [-0.2, -0.15) is 0 Å². The number of nitrogens with zero attached hydrogens (tertiary/aromatic N) is 1. The first-order chi connectivity index (χ1) is 11.3. The summed E-state index contributed by atoms with van der Waals surface area (Å²) in [7, 11) is 0. The highest BCUT2D eigenvalue weighted by Crippen LogP contribution is 2.32. The first-order valence-electron chi connectivity index (χ1n) is 7.03. The molecule has 0 radical (unpaired) electrons. The number of nitro benzene ring substituents is 1. The van der Waals surface area contributed by atoms with Crippen LogP contribution in [-0.4, -0.2) is 22.0 Å². The number of aliphatic hydroxyl groups is 1. The van der Waals surface area contributed by atoms with Crippen molar-refractivity contribution in [1.82, 2.24) is 0 Å². The predicted octanol–water partition coefficient (Wildman–Crippen LogP) is 3.11. The smallest absolute Gasteiger partial charge is 0.270 e. The van der Waals surface area contributed by atoms with Crippen LogP contribution in [0.15, 0.2) is 49.0 Å². The molecule has 0 heterocycles. The van der Waals surface area contributed by atoms with Crippen LogP contribution in [0.5, 0.6) is 0 Å². The van der Waals surface area contributed by atoms with Gasteiger partial charge in [-0.15, -0.1) is 0 Å². The van der Waals surface area contributed by atoms with Crippen molar-refractivity contribution in [2.45, 2.75) is 13.0 Å². The lowest BCUT2D eigenvalue weighted by atomic mass is 9.97. The van der Waals surface area contributed by atoms with E-state index in [4.69, 9.17) is 0 Å². The maximum absolute atomic E-state index is 14.0. The first kappa shape index (κ1) is 17.3. The number of aliphatic hydroxyl groups excluding tert-OH is 1. The second kappa shape index (κ2) is 7.01. The van der Waals surface area contributed by atoms with Gasteiger partial charge in [-0.25, -0.2) is 4.39 Å². The zero-order chi connectivity index (χ0) is 17.9. The van der Waals surface area contributed by atoms with Crippen molar-refractivity contribution in [2.75, 3.05) is 5.32 Å². The lowest BCUT2D eigenvalue weighted by Gasteiger charge is -2.15. The van der Waals surface area contributed by atoms with Gasteiger partial charge in [-0.3, -0.25) is 14.9 Å². The standard InChI is InChI=1S/C17H15FN2O4/c1-10(13-5-3-4-6-15(13)18)14-9-12(20(23)24)7-8-16(14)19-17(22)11(2)21/h3-9,11,21H,1H2,2H3,(H,19,22). The maximum Gasteiger partial charge on any atom is 0.270 e. The Hall–Kier alpha value is -3.06. The molecule has 2 aromatic rings. The van der Waals surface area contributed by atoms with E-state index in [1.807, 2.05) is 0 Å². The fraction of sp³-hybridized carbons (Fsp3) is 0.118. The van der Waals surface area contributed by atoms with Crippen LogP contribution in [0.4, 0.5) is 15.8 Å². The summed E-state index contributed by atoms with van der Waals surface area (Å²) in [4.78, 5) is 22.1. The monoisotopic (exact) mass is 330 g/mol. The molecular formula is C17H15FN2O4. The molecule has 0 aliphatic rings. The summed E-state index contributed by atoms with van der Waals surface area (Å²) in [5.41, 5.74) is 0.504. The molecule has 0 saturated carbocycles. The zero-order valence-electron chi connectivity index (χ0n) is 12.8. The molecule has 1 atom stereocenters. The van der Waals surface area contributed by atoms with Gasteiger partial charge in [0, 0.05) is 28.9 Å². The second-order valence-corrected chi connectivity index (χ2v) is 5.11. The van der Waals surface area contributed by atoms with Crippen LogP contribution < -0.4 is 5.32 Å². The average Bonchev–Trinajstić information content (AvgIpc) is 2.54. The Morgan fingerprint density at radius 3 is 2.54 bits per heavy atom. The van der Waals surface area contributed by atoms with E-state index in [0.717, 1.165) is 0 Å². The predicted molar refractivity (Wildman–Crippen MR) is 87.9 cm³/mol. The fourth-order valence-corrected chi connectivity index (χ4v) is 2.09. The van der Waals surface area contributed by atoms with Crippen LogP contribution in [0.25, 0.3) is 5.57 Å². The summed E-state index contributed by atoms with van der Waals surface area (Å²) in [5, 5.41) is 22.8. The largest absolute Gasteiger partial charge is 0.384 e. The van der Waals surface area contributed by atoms with Crippen LogP contribution in [0.2, 0.25) is 0 Å². The Morgan fingerprint density at radius 1 is 1.29 bits per heavy atom. The molecule has 0 aliphatic heterocycles. The molecule has 0 saturated heterocycles. The van der Waals surface area contributed by atoms with Gasteiger partial charge < -0.3 is 10.4 Å². The molecule has 0 spiro atoms. The number of carbonyl (C=O) groups is 1. The van der Waals surface area contributed by atoms with Crippen molar-refractivity contribution in [3.05, 3.63) is 76.1 Å². The van der Waals surface area contributed by atoms with Crippen molar-refractivity contribution in [2.24, 2.45) is 0 Å². The number of carbonyl (C=O) groups excluding carboxylic acids is 1. The highest BCUT2D eigenvalue weighted by Gasteiger charge is 2.18. The molecule has 1 unspecified atom stereocenters. The summed E-state index contributed by atoms with van der Waals surface area (Å²) in [5.74, 6) is -1.23. The minimum absolute atomic E-state index is 0.158. The van der Waals surface area contributed by atoms with E-state index in [1.54, 1.807) is 6.07 Å². The number of nitrogens with one attached hydrogen (secondary N) is 1. The molecule has 124 valence electrons. The fourth-order valence-electron chi connectivity index (χ4n) is 2.09. The van der Waals surface area contributed by atoms with Crippen LogP contribution >= 0.6 is 0 Å². The molecule has 2 rings (SSSR count). The van der Waals surface area contributed by atoms with Crippen LogP contribution in [0.1, 0.15) is 18.1 Å². The van der Waals surface area contributed by atoms with Gasteiger partial charge in [-0.1, -0.05) is 24.8 Å². The third-order valence-corrected chi connectivity index (χ3v) is 3.38. The van der Waals surface area contributed by atoms with E-state index in [9.17, 15) is 24.4 Å².